The zero-order valence-electron chi connectivity index (χ0n) is 10.4. The summed E-state index contributed by atoms with van der Waals surface area (Å²) in [5.74, 6) is 0.381. The van der Waals surface area contributed by atoms with E-state index in [9.17, 15) is 9.90 Å². The molecule has 2 heteroatoms. The summed E-state index contributed by atoms with van der Waals surface area (Å²) in [7, 11) is 0. The van der Waals surface area contributed by atoms with Crippen LogP contribution in [0.5, 0.6) is 5.75 Å². The SMILES string of the molecule is CCCCCCC(=O)/C=C/c1cccc(O)c1. The molecule has 0 aromatic heterocycles. The van der Waals surface area contributed by atoms with Crippen molar-refractivity contribution in [2.75, 3.05) is 0 Å². The lowest BCUT2D eigenvalue weighted by molar-refractivity contribution is -0.114. The fourth-order valence-corrected chi connectivity index (χ4v) is 1.63. The number of phenolic OH excluding ortho intramolecular Hbond substituents is 1. The third-order valence-electron chi connectivity index (χ3n) is 2.61. The molecule has 0 radical (unpaired) electrons. The van der Waals surface area contributed by atoms with Crippen molar-refractivity contribution in [3.63, 3.8) is 0 Å². The average molecular weight is 232 g/mol. The summed E-state index contributed by atoms with van der Waals surface area (Å²) in [5.41, 5.74) is 0.854. The fraction of sp³-hybridized carbons (Fsp3) is 0.400. The van der Waals surface area contributed by atoms with Crippen LogP contribution in [0.15, 0.2) is 30.3 Å². The maximum atomic E-state index is 11.5. The van der Waals surface area contributed by atoms with E-state index in [2.05, 4.69) is 6.92 Å². The zero-order valence-corrected chi connectivity index (χ0v) is 10.4. The second kappa shape index (κ2) is 7.66. The first-order valence-corrected chi connectivity index (χ1v) is 6.22. The van der Waals surface area contributed by atoms with Crippen LogP contribution < -0.4 is 0 Å². The van der Waals surface area contributed by atoms with Crippen LogP contribution in [0.3, 0.4) is 0 Å². The van der Waals surface area contributed by atoms with Crippen molar-refractivity contribution in [2.24, 2.45) is 0 Å². The van der Waals surface area contributed by atoms with E-state index in [-0.39, 0.29) is 11.5 Å². The lowest BCUT2D eigenvalue weighted by atomic mass is 10.1. The molecule has 0 saturated heterocycles. The molecule has 2 nitrogen and oxygen atoms in total. The molecule has 0 bridgehead atoms. The molecule has 1 aromatic rings. The summed E-state index contributed by atoms with van der Waals surface area (Å²) >= 11 is 0. The molecule has 0 heterocycles. The summed E-state index contributed by atoms with van der Waals surface area (Å²) < 4.78 is 0. The largest absolute Gasteiger partial charge is 0.508 e. The molecular weight excluding hydrogens is 212 g/mol. The molecule has 1 rings (SSSR count). The van der Waals surface area contributed by atoms with Crippen molar-refractivity contribution in [1.82, 2.24) is 0 Å². The number of phenols is 1. The van der Waals surface area contributed by atoms with E-state index in [4.69, 9.17) is 0 Å². The predicted octanol–water partition coefficient (Wildman–Crippen LogP) is 3.94. The van der Waals surface area contributed by atoms with E-state index in [1.165, 1.54) is 12.8 Å². The van der Waals surface area contributed by atoms with Gasteiger partial charge in [-0.1, -0.05) is 44.4 Å². The van der Waals surface area contributed by atoms with Gasteiger partial charge in [0.1, 0.15) is 5.75 Å². The lowest BCUT2D eigenvalue weighted by Crippen LogP contribution is -1.92. The third kappa shape index (κ3) is 5.91. The van der Waals surface area contributed by atoms with Gasteiger partial charge in [-0.15, -0.1) is 0 Å². The number of rotatable bonds is 7. The molecule has 92 valence electrons. The smallest absolute Gasteiger partial charge is 0.155 e. The van der Waals surface area contributed by atoms with Gasteiger partial charge >= 0.3 is 0 Å². The number of ketones is 1. The molecule has 0 saturated carbocycles. The Morgan fingerprint density at radius 1 is 1.29 bits per heavy atom. The van der Waals surface area contributed by atoms with Gasteiger partial charge in [0, 0.05) is 6.42 Å². The van der Waals surface area contributed by atoms with Gasteiger partial charge in [0.05, 0.1) is 0 Å². The van der Waals surface area contributed by atoms with E-state index in [1.54, 1.807) is 30.4 Å². The maximum Gasteiger partial charge on any atom is 0.155 e. The first kappa shape index (κ1) is 13.5. The lowest BCUT2D eigenvalue weighted by Gasteiger charge is -1.97. The van der Waals surface area contributed by atoms with Crippen LogP contribution in [0, 0.1) is 0 Å². The van der Waals surface area contributed by atoms with Gasteiger partial charge in [-0.2, -0.15) is 0 Å². The second-order valence-electron chi connectivity index (χ2n) is 4.21. The highest BCUT2D eigenvalue weighted by Crippen LogP contribution is 2.12. The van der Waals surface area contributed by atoms with Gasteiger partial charge in [0.2, 0.25) is 0 Å². The molecule has 0 fully saturated rings. The van der Waals surface area contributed by atoms with Crippen LogP contribution >= 0.6 is 0 Å². The maximum absolute atomic E-state index is 11.5. The molecule has 0 aliphatic rings. The third-order valence-corrected chi connectivity index (χ3v) is 2.61. The summed E-state index contributed by atoms with van der Waals surface area (Å²) in [4.78, 5) is 11.5. The standard InChI is InChI=1S/C15H20O2/c1-2-3-4-5-8-14(16)11-10-13-7-6-9-15(17)12-13/h6-7,9-12,17H,2-5,8H2,1H3/b11-10+. The van der Waals surface area contributed by atoms with E-state index >= 15 is 0 Å². The minimum atomic E-state index is 0.157. The highest BCUT2D eigenvalue weighted by atomic mass is 16.3. The molecule has 1 N–H and O–H groups in total. The molecule has 0 aliphatic heterocycles. The van der Waals surface area contributed by atoms with Crippen molar-refractivity contribution in [2.45, 2.75) is 39.0 Å². The van der Waals surface area contributed by atoms with Crippen molar-refractivity contribution in [3.05, 3.63) is 35.9 Å². The van der Waals surface area contributed by atoms with Gasteiger partial charge in [-0.3, -0.25) is 4.79 Å². The van der Waals surface area contributed by atoms with Crippen molar-refractivity contribution < 1.29 is 9.90 Å². The summed E-state index contributed by atoms with van der Waals surface area (Å²) in [6, 6.07) is 6.88. The topological polar surface area (TPSA) is 37.3 Å². The first-order chi connectivity index (χ1) is 8.22. The van der Waals surface area contributed by atoms with Crippen LogP contribution in [-0.4, -0.2) is 10.9 Å². The Labute approximate surface area is 103 Å². The Morgan fingerprint density at radius 2 is 2.12 bits per heavy atom. The highest BCUT2D eigenvalue weighted by Gasteiger charge is 1.97. The van der Waals surface area contributed by atoms with E-state index < -0.39 is 0 Å². The Hall–Kier alpha value is -1.57. The molecule has 0 aliphatic carbocycles. The molecule has 17 heavy (non-hydrogen) atoms. The number of benzene rings is 1. The van der Waals surface area contributed by atoms with Crippen molar-refractivity contribution in [1.29, 1.82) is 0 Å². The number of carbonyl (C=O) groups is 1. The van der Waals surface area contributed by atoms with E-state index in [0.717, 1.165) is 18.4 Å². The average Bonchev–Trinajstić information content (AvgIpc) is 2.32. The molecule has 0 atom stereocenters. The molecular formula is C15H20O2. The fourth-order valence-electron chi connectivity index (χ4n) is 1.63. The number of carbonyl (C=O) groups excluding carboxylic acids is 1. The first-order valence-electron chi connectivity index (χ1n) is 6.22. The second-order valence-corrected chi connectivity index (χ2v) is 4.21. The van der Waals surface area contributed by atoms with E-state index in [1.807, 2.05) is 6.07 Å². The summed E-state index contributed by atoms with van der Waals surface area (Å²) in [6.45, 7) is 2.16. The number of allylic oxidation sites excluding steroid dienone is 1. The summed E-state index contributed by atoms with van der Waals surface area (Å²) in [5, 5.41) is 9.26. The molecule has 0 unspecified atom stereocenters. The van der Waals surface area contributed by atoms with Gasteiger partial charge in [0.15, 0.2) is 5.78 Å². The van der Waals surface area contributed by atoms with Gasteiger partial charge in [0.25, 0.3) is 0 Å². The van der Waals surface area contributed by atoms with Crippen LogP contribution in [0.4, 0.5) is 0 Å². The summed E-state index contributed by atoms with van der Waals surface area (Å²) in [6.07, 6.45) is 8.45. The minimum absolute atomic E-state index is 0.157. The van der Waals surface area contributed by atoms with Crippen LogP contribution in [0.25, 0.3) is 6.08 Å². The van der Waals surface area contributed by atoms with Gasteiger partial charge in [-0.05, 0) is 30.2 Å². The van der Waals surface area contributed by atoms with Crippen LogP contribution in [0.1, 0.15) is 44.6 Å². The van der Waals surface area contributed by atoms with Gasteiger partial charge < -0.3 is 5.11 Å². The number of hydrogen-bond acceptors (Lipinski definition) is 2. The van der Waals surface area contributed by atoms with Crippen molar-refractivity contribution in [3.8, 4) is 5.75 Å². The Bertz CT molecular complexity index is 380. The van der Waals surface area contributed by atoms with Crippen LogP contribution in [-0.2, 0) is 4.79 Å². The molecule has 1 aromatic carbocycles. The Morgan fingerprint density at radius 3 is 2.82 bits per heavy atom. The Balaban J connectivity index is 2.35. The van der Waals surface area contributed by atoms with Crippen molar-refractivity contribution >= 4 is 11.9 Å². The predicted molar refractivity (Wildman–Crippen MR) is 70.9 cm³/mol. The molecule has 0 amide bonds. The van der Waals surface area contributed by atoms with E-state index in [0.29, 0.717) is 6.42 Å². The monoisotopic (exact) mass is 232 g/mol. The Kier molecular flexibility index (Phi) is 6.08. The number of aromatic hydroxyl groups is 1. The molecule has 0 spiro atoms. The number of hydrogen-bond donors (Lipinski definition) is 1. The zero-order chi connectivity index (χ0) is 12.5. The normalized spacial score (nSPS) is 10.9. The minimum Gasteiger partial charge on any atom is -0.508 e. The highest BCUT2D eigenvalue weighted by molar-refractivity contribution is 5.93. The van der Waals surface area contributed by atoms with Gasteiger partial charge in [-0.25, -0.2) is 0 Å². The van der Waals surface area contributed by atoms with Crippen LogP contribution in [0.2, 0.25) is 0 Å². The quantitative estimate of drug-likeness (QED) is 0.571. The number of unbranched alkanes of at least 4 members (excludes halogenated alkanes) is 3.